The third-order valence-corrected chi connectivity index (χ3v) is 5.08. The van der Waals surface area contributed by atoms with Crippen molar-refractivity contribution in [3.8, 4) is 12.3 Å². The number of hydrogen-bond acceptors (Lipinski definition) is 2. The SMILES string of the molecule is C#CCC1=C(C2=CC=CC2)[CH]([Zr+2])c2ccccc21.C[O-].C[O-]. The van der Waals surface area contributed by atoms with Crippen molar-refractivity contribution in [3.05, 3.63) is 64.8 Å². The van der Waals surface area contributed by atoms with E-state index >= 15 is 0 Å². The summed E-state index contributed by atoms with van der Waals surface area (Å²) in [4.78, 5) is 0. The molecule has 1 aromatic rings. The molecule has 0 aromatic heterocycles. The summed E-state index contributed by atoms with van der Waals surface area (Å²) in [6.07, 6.45) is 14.0. The molecule has 0 saturated heterocycles. The van der Waals surface area contributed by atoms with Crippen molar-refractivity contribution in [3.63, 3.8) is 0 Å². The fourth-order valence-electron chi connectivity index (χ4n) is 2.82. The van der Waals surface area contributed by atoms with Gasteiger partial charge in [-0.25, -0.2) is 0 Å². The van der Waals surface area contributed by atoms with E-state index in [1.54, 1.807) is 24.7 Å². The van der Waals surface area contributed by atoms with Crippen LogP contribution in [0, 0.1) is 12.3 Å². The van der Waals surface area contributed by atoms with Crippen LogP contribution in [0.3, 0.4) is 0 Å². The van der Waals surface area contributed by atoms with Crippen LogP contribution in [0.25, 0.3) is 5.57 Å². The van der Waals surface area contributed by atoms with Crippen molar-refractivity contribution >= 4 is 5.57 Å². The smallest absolute Gasteiger partial charge is 0.153 e. The molecule has 0 amide bonds. The Kier molecular flexibility index (Phi) is 8.35. The van der Waals surface area contributed by atoms with Crippen LogP contribution in [0.5, 0.6) is 0 Å². The molecule has 3 rings (SSSR count). The summed E-state index contributed by atoms with van der Waals surface area (Å²) >= 11 is 1.55. The van der Waals surface area contributed by atoms with E-state index in [-0.39, 0.29) is 0 Å². The molecule has 3 heteroatoms. The second kappa shape index (κ2) is 9.75. The minimum Gasteiger partial charge on any atom is -0.857 e. The molecule has 0 heterocycles. The summed E-state index contributed by atoms with van der Waals surface area (Å²) in [5.41, 5.74) is 7.17. The van der Waals surface area contributed by atoms with Gasteiger partial charge in [0.15, 0.2) is 0 Å². The molecule has 0 aliphatic heterocycles. The molecule has 2 aliphatic rings. The van der Waals surface area contributed by atoms with Crippen molar-refractivity contribution in [2.75, 3.05) is 14.2 Å². The van der Waals surface area contributed by atoms with Gasteiger partial charge in [0.25, 0.3) is 0 Å². The van der Waals surface area contributed by atoms with Crippen molar-refractivity contribution in [2.45, 2.75) is 16.5 Å². The van der Waals surface area contributed by atoms with Gasteiger partial charge >= 0.3 is 124 Å². The van der Waals surface area contributed by atoms with Gasteiger partial charge in [-0.15, -0.1) is 0 Å². The van der Waals surface area contributed by atoms with Gasteiger partial charge in [0.05, 0.1) is 0 Å². The zero-order valence-electron chi connectivity index (χ0n) is 12.9. The van der Waals surface area contributed by atoms with E-state index in [0.29, 0.717) is 3.63 Å². The van der Waals surface area contributed by atoms with Crippen LogP contribution < -0.4 is 10.2 Å². The maximum atomic E-state index is 8.25. The second-order valence-corrected chi connectivity index (χ2v) is 6.04. The third kappa shape index (κ3) is 3.76. The van der Waals surface area contributed by atoms with Gasteiger partial charge in [0, 0.05) is 0 Å². The number of terminal acetylenes is 1. The minimum atomic E-state index is 0.558. The topological polar surface area (TPSA) is 46.1 Å². The van der Waals surface area contributed by atoms with Gasteiger partial charge < -0.3 is 10.2 Å². The predicted molar refractivity (Wildman–Crippen MR) is 83.2 cm³/mol. The van der Waals surface area contributed by atoms with Gasteiger partial charge in [-0.1, -0.05) is 0 Å². The molecule has 1 unspecified atom stereocenters. The Balaban J connectivity index is 0.000000561. The molecule has 22 heavy (non-hydrogen) atoms. The van der Waals surface area contributed by atoms with E-state index in [4.69, 9.17) is 16.6 Å². The summed E-state index contributed by atoms with van der Waals surface area (Å²) in [5, 5.41) is 16.5. The maximum Gasteiger partial charge on any atom is -0.153 e. The van der Waals surface area contributed by atoms with Crippen molar-refractivity contribution in [2.24, 2.45) is 0 Å². The molecule has 0 N–H and O–H groups in total. The van der Waals surface area contributed by atoms with Crippen LogP contribution >= 0.6 is 0 Å². The average molecular weight is 371 g/mol. The van der Waals surface area contributed by atoms with Gasteiger partial charge in [-0.2, -0.15) is 14.2 Å². The summed E-state index contributed by atoms with van der Waals surface area (Å²) in [6, 6.07) is 8.71. The van der Waals surface area contributed by atoms with E-state index in [1.165, 1.54) is 27.8 Å². The molecule has 0 fully saturated rings. The van der Waals surface area contributed by atoms with Crippen molar-refractivity contribution in [1.29, 1.82) is 0 Å². The number of allylic oxidation sites excluding steroid dienone is 6. The Morgan fingerprint density at radius 3 is 2.50 bits per heavy atom. The molecule has 2 aliphatic carbocycles. The van der Waals surface area contributed by atoms with Crippen LogP contribution in [-0.4, -0.2) is 14.2 Å². The molecular formula is C19H19O2Zr. The molecule has 0 bridgehead atoms. The van der Waals surface area contributed by atoms with Crippen LogP contribution in [-0.2, 0) is 24.7 Å². The minimum absolute atomic E-state index is 0.558. The van der Waals surface area contributed by atoms with Crippen LogP contribution in [0.15, 0.2) is 53.6 Å². The number of fused-ring (bicyclic) bond motifs is 1. The van der Waals surface area contributed by atoms with E-state index in [2.05, 4.69) is 48.4 Å². The quantitative estimate of drug-likeness (QED) is 0.747. The third-order valence-electron chi connectivity index (χ3n) is 3.61. The van der Waals surface area contributed by atoms with E-state index in [1.807, 2.05) is 0 Å². The zero-order valence-corrected chi connectivity index (χ0v) is 15.4. The predicted octanol–water partition coefficient (Wildman–Crippen LogP) is 1.90. The Bertz CT molecular complexity index is 633. The van der Waals surface area contributed by atoms with Gasteiger partial charge in [-0.05, 0) is 0 Å². The molecule has 1 aromatic carbocycles. The Morgan fingerprint density at radius 1 is 1.23 bits per heavy atom. The fourth-order valence-corrected chi connectivity index (χ4v) is 4.32. The van der Waals surface area contributed by atoms with E-state index < -0.39 is 0 Å². The Morgan fingerprint density at radius 2 is 1.91 bits per heavy atom. The Hall–Kier alpha value is -1.20. The van der Waals surface area contributed by atoms with Gasteiger partial charge in [0.1, 0.15) is 0 Å². The first-order valence-corrected chi connectivity index (χ1v) is 8.39. The summed E-state index contributed by atoms with van der Waals surface area (Å²) in [5.74, 6) is 2.83. The molecule has 111 valence electrons. The molecule has 0 spiro atoms. The van der Waals surface area contributed by atoms with E-state index in [0.717, 1.165) is 27.1 Å². The Labute approximate surface area is 148 Å². The van der Waals surface area contributed by atoms with Crippen LogP contribution in [0.1, 0.15) is 27.6 Å². The summed E-state index contributed by atoms with van der Waals surface area (Å²) in [6.45, 7) is 0. The molecule has 1 atom stereocenters. The van der Waals surface area contributed by atoms with Gasteiger partial charge in [-0.3, -0.25) is 0 Å². The van der Waals surface area contributed by atoms with Crippen LogP contribution in [0.4, 0.5) is 0 Å². The summed E-state index contributed by atoms with van der Waals surface area (Å²) in [7, 11) is 1.50. The number of hydrogen-bond donors (Lipinski definition) is 0. The maximum absolute atomic E-state index is 8.25. The molecular weight excluding hydrogens is 351 g/mol. The molecule has 0 radical (unpaired) electrons. The fraction of sp³-hybridized carbons (Fsp3) is 0.263. The van der Waals surface area contributed by atoms with E-state index in [9.17, 15) is 0 Å². The number of benzene rings is 1. The number of rotatable bonds is 2. The summed E-state index contributed by atoms with van der Waals surface area (Å²) < 4.78 is 0.558. The first-order valence-electron chi connectivity index (χ1n) is 6.97. The molecule has 0 saturated carbocycles. The standard InChI is InChI=1S/C17H13.2CH3O.Zr/c1-2-7-16-15-11-6-5-10-14(15)12-17(16)13-8-3-4-9-13;2*1-2;/h1,3-6,8,10-12H,7,9H2;2*1H3;/q;2*-1;+2. The zero-order chi connectivity index (χ0) is 16.5. The van der Waals surface area contributed by atoms with Gasteiger partial charge in [0.2, 0.25) is 0 Å². The second-order valence-electron chi connectivity index (χ2n) is 4.62. The monoisotopic (exact) mass is 369 g/mol. The first-order chi connectivity index (χ1) is 10.8. The van der Waals surface area contributed by atoms with Crippen LogP contribution in [0.2, 0.25) is 0 Å². The average Bonchev–Trinajstić information content (AvgIpc) is 3.20. The van der Waals surface area contributed by atoms with Crippen molar-refractivity contribution < 1.29 is 34.9 Å². The van der Waals surface area contributed by atoms with Crippen molar-refractivity contribution in [1.82, 2.24) is 0 Å². The molecule has 2 nitrogen and oxygen atoms in total. The normalized spacial score (nSPS) is 17.7. The first kappa shape index (κ1) is 18.9. The largest absolute Gasteiger partial charge is 0.857 e.